The molecule has 1 heterocycles. The second-order valence-corrected chi connectivity index (χ2v) is 5.64. The lowest BCUT2D eigenvalue weighted by Crippen LogP contribution is -2.25. The fourth-order valence-electron chi connectivity index (χ4n) is 1.52. The van der Waals surface area contributed by atoms with Crippen molar-refractivity contribution in [2.75, 3.05) is 5.32 Å². The molecule has 0 aliphatic rings. The van der Waals surface area contributed by atoms with Gasteiger partial charge in [-0.3, -0.25) is 14.2 Å². The summed E-state index contributed by atoms with van der Waals surface area (Å²) in [6.45, 7) is 1.62. The van der Waals surface area contributed by atoms with Gasteiger partial charge < -0.3 is 5.32 Å². The summed E-state index contributed by atoms with van der Waals surface area (Å²) in [5.41, 5.74) is 0.801. The normalized spacial score (nSPS) is 10.5. The maximum atomic E-state index is 13.5. The Morgan fingerprint density at radius 3 is 2.84 bits per heavy atom. The molecule has 7 heteroatoms. The van der Waals surface area contributed by atoms with E-state index in [0.29, 0.717) is 10.2 Å². The fourth-order valence-corrected chi connectivity index (χ4v) is 2.59. The largest absolute Gasteiger partial charge is 0.322 e. The van der Waals surface area contributed by atoms with E-state index in [1.54, 1.807) is 18.4 Å². The number of carbonyl (C=O) groups is 1. The Bertz CT molecular complexity index is 681. The summed E-state index contributed by atoms with van der Waals surface area (Å²) in [6.07, 6.45) is 0. The molecule has 1 aromatic carbocycles. The van der Waals surface area contributed by atoms with E-state index in [1.165, 1.54) is 16.7 Å². The summed E-state index contributed by atoms with van der Waals surface area (Å²) >= 11 is 4.16. The van der Waals surface area contributed by atoms with Gasteiger partial charge in [0.1, 0.15) is 12.4 Å². The number of aromatic nitrogens is 1. The van der Waals surface area contributed by atoms with Crippen LogP contribution in [0.15, 0.2) is 32.8 Å². The fraction of sp³-hybridized carbons (Fsp3) is 0.167. The van der Waals surface area contributed by atoms with Crippen LogP contribution in [0.3, 0.4) is 0 Å². The van der Waals surface area contributed by atoms with E-state index in [4.69, 9.17) is 0 Å². The van der Waals surface area contributed by atoms with E-state index in [9.17, 15) is 14.0 Å². The second kappa shape index (κ2) is 5.66. The Hall–Kier alpha value is -1.47. The molecule has 0 unspecified atom stereocenters. The number of thiazole rings is 1. The Morgan fingerprint density at radius 2 is 2.26 bits per heavy atom. The van der Waals surface area contributed by atoms with Gasteiger partial charge in [0.15, 0.2) is 0 Å². The van der Waals surface area contributed by atoms with Crippen LogP contribution in [0.4, 0.5) is 10.1 Å². The summed E-state index contributed by atoms with van der Waals surface area (Å²) in [5, 5.41) is 4.12. The predicted molar refractivity (Wildman–Crippen MR) is 76.0 cm³/mol. The summed E-state index contributed by atoms with van der Waals surface area (Å²) < 4.78 is 15.5. The van der Waals surface area contributed by atoms with Crippen LogP contribution < -0.4 is 10.2 Å². The van der Waals surface area contributed by atoms with Crippen LogP contribution in [0.25, 0.3) is 0 Å². The first-order valence-corrected chi connectivity index (χ1v) is 7.04. The topological polar surface area (TPSA) is 51.1 Å². The SMILES string of the molecule is Cc1csc(=O)n1CC(=O)Nc1ccc(Br)cc1F. The third-order valence-electron chi connectivity index (χ3n) is 2.48. The Labute approximate surface area is 121 Å². The van der Waals surface area contributed by atoms with Crippen molar-refractivity contribution in [3.05, 3.63) is 49.2 Å². The number of hydrogen-bond acceptors (Lipinski definition) is 3. The number of hydrogen-bond donors (Lipinski definition) is 1. The van der Waals surface area contributed by atoms with Gasteiger partial charge in [0.25, 0.3) is 0 Å². The van der Waals surface area contributed by atoms with Gasteiger partial charge in [-0.2, -0.15) is 0 Å². The molecule has 0 fully saturated rings. The van der Waals surface area contributed by atoms with E-state index < -0.39 is 11.7 Å². The van der Waals surface area contributed by atoms with Crippen LogP contribution in [-0.2, 0) is 11.3 Å². The Balaban J connectivity index is 2.12. The number of benzene rings is 1. The number of amides is 1. The van der Waals surface area contributed by atoms with E-state index >= 15 is 0 Å². The maximum Gasteiger partial charge on any atom is 0.307 e. The summed E-state index contributed by atoms with van der Waals surface area (Å²) in [6, 6.07) is 4.35. The Morgan fingerprint density at radius 1 is 1.53 bits per heavy atom. The third-order valence-corrected chi connectivity index (χ3v) is 3.86. The van der Waals surface area contributed by atoms with Crippen LogP contribution >= 0.6 is 27.3 Å². The molecule has 0 saturated heterocycles. The smallest absolute Gasteiger partial charge is 0.307 e. The van der Waals surface area contributed by atoms with E-state index in [2.05, 4.69) is 21.2 Å². The molecule has 0 aliphatic heterocycles. The molecule has 100 valence electrons. The van der Waals surface area contributed by atoms with E-state index in [0.717, 1.165) is 11.3 Å². The number of nitrogens with zero attached hydrogens (tertiary/aromatic N) is 1. The quantitative estimate of drug-likeness (QED) is 0.930. The lowest BCUT2D eigenvalue weighted by molar-refractivity contribution is -0.116. The highest BCUT2D eigenvalue weighted by molar-refractivity contribution is 9.10. The third kappa shape index (κ3) is 3.30. The van der Waals surface area contributed by atoms with Crippen LogP contribution in [0, 0.1) is 12.7 Å². The van der Waals surface area contributed by atoms with Crippen LogP contribution in [0.5, 0.6) is 0 Å². The molecular formula is C12H10BrFN2O2S. The number of carbonyl (C=O) groups excluding carboxylic acids is 1. The van der Waals surface area contributed by atoms with Crippen LogP contribution in [0.1, 0.15) is 5.69 Å². The molecule has 0 bridgehead atoms. The summed E-state index contributed by atoms with van der Waals surface area (Å²) in [7, 11) is 0. The molecule has 2 rings (SSSR count). The van der Waals surface area contributed by atoms with E-state index in [1.807, 2.05) is 0 Å². The number of rotatable bonds is 3. The average Bonchev–Trinajstić information content (AvgIpc) is 2.65. The molecule has 4 nitrogen and oxygen atoms in total. The molecule has 19 heavy (non-hydrogen) atoms. The lowest BCUT2D eigenvalue weighted by Gasteiger charge is -2.08. The van der Waals surface area contributed by atoms with Gasteiger partial charge in [-0.25, -0.2) is 4.39 Å². The molecule has 0 saturated carbocycles. The first-order chi connectivity index (χ1) is 8.97. The Kier molecular flexibility index (Phi) is 4.16. The van der Waals surface area contributed by atoms with E-state index in [-0.39, 0.29) is 17.1 Å². The maximum absolute atomic E-state index is 13.5. The molecular weight excluding hydrogens is 335 g/mol. The van der Waals surface area contributed by atoms with Gasteiger partial charge >= 0.3 is 4.87 Å². The van der Waals surface area contributed by atoms with Crippen molar-refractivity contribution in [1.82, 2.24) is 4.57 Å². The molecule has 0 aliphatic carbocycles. The predicted octanol–water partition coefficient (Wildman–Crippen LogP) is 2.76. The minimum absolute atomic E-state index is 0.0918. The standard InChI is InChI=1S/C12H10BrFN2O2S/c1-7-6-19-12(18)16(7)5-11(17)15-10-3-2-8(13)4-9(10)14/h2-4,6H,5H2,1H3,(H,15,17). The van der Waals surface area contributed by atoms with Crippen molar-refractivity contribution < 1.29 is 9.18 Å². The summed E-state index contributed by atoms with van der Waals surface area (Å²) in [5.74, 6) is -0.970. The van der Waals surface area contributed by atoms with Crippen molar-refractivity contribution in [2.45, 2.75) is 13.5 Å². The summed E-state index contributed by atoms with van der Waals surface area (Å²) in [4.78, 5) is 23.0. The highest BCUT2D eigenvalue weighted by atomic mass is 79.9. The van der Waals surface area contributed by atoms with Gasteiger partial charge in [0.2, 0.25) is 5.91 Å². The van der Waals surface area contributed by atoms with Gasteiger partial charge in [0, 0.05) is 15.5 Å². The van der Waals surface area contributed by atoms with Gasteiger partial charge in [-0.15, -0.1) is 0 Å². The van der Waals surface area contributed by atoms with Crippen molar-refractivity contribution >= 4 is 38.9 Å². The molecule has 1 amide bonds. The van der Waals surface area contributed by atoms with Crippen molar-refractivity contribution in [1.29, 1.82) is 0 Å². The van der Waals surface area contributed by atoms with Crippen molar-refractivity contribution in [3.63, 3.8) is 0 Å². The molecule has 1 aromatic heterocycles. The zero-order valence-electron chi connectivity index (χ0n) is 9.94. The average molecular weight is 345 g/mol. The van der Waals surface area contributed by atoms with Crippen molar-refractivity contribution in [2.24, 2.45) is 0 Å². The monoisotopic (exact) mass is 344 g/mol. The van der Waals surface area contributed by atoms with Crippen LogP contribution in [0.2, 0.25) is 0 Å². The van der Waals surface area contributed by atoms with Crippen LogP contribution in [-0.4, -0.2) is 10.5 Å². The number of anilines is 1. The first-order valence-electron chi connectivity index (χ1n) is 5.37. The first kappa shape index (κ1) is 14.0. The molecule has 0 radical (unpaired) electrons. The second-order valence-electron chi connectivity index (χ2n) is 3.90. The molecule has 1 N–H and O–H groups in total. The minimum Gasteiger partial charge on any atom is -0.322 e. The molecule has 0 atom stereocenters. The number of halogens is 2. The lowest BCUT2D eigenvalue weighted by atomic mass is 10.3. The highest BCUT2D eigenvalue weighted by Gasteiger charge is 2.11. The number of aryl methyl sites for hydroxylation is 1. The minimum atomic E-state index is -0.530. The molecule has 0 spiro atoms. The van der Waals surface area contributed by atoms with Gasteiger partial charge in [-0.1, -0.05) is 27.3 Å². The zero-order valence-corrected chi connectivity index (χ0v) is 12.3. The van der Waals surface area contributed by atoms with Crippen molar-refractivity contribution in [3.8, 4) is 0 Å². The zero-order chi connectivity index (χ0) is 14.0. The molecule has 2 aromatic rings. The number of nitrogens with one attached hydrogen (secondary N) is 1. The highest BCUT2D eigenvalue weighted by Crippen LogP contribution is 2.19. The van der Waals surface area contributed by atoms with Gasteiger partial charge in [-0.05, 0) is 25.1 Å². The van der Waals surface area contributed by atoms with Gasteiger partial charge in [0.05, 0.1) is 5.69 Å².